The summed E-state index contributed by atoms with van der Waals surface area (Å²) in [6.07, 6.45) is 3.21. The number of rotatable bonds is 7. The number of carboxylic acid groups (broad SMARTS) is 1. The third-order valence-corrected chi connectivity index (χ3v) is 5.71. The fraction of sp³-hybridized carbons (Fsp3) is 0.160. The Morgan fingerprint density at radius 2 is 1.72 bits per heavy atom. The molecule has 0 atom stereocenters. The molecule has 0 spiro atoms. The molecule has 0 fully saturated rings. The molecule has 0 saturated heterocycles. The number of benzene rings is 3. The lowest BCUT2D eigenvalue weighted by atomic mass is 10.1. The van der Waals surface area contributed by atoms with Gasteiger partial charge in [0.05, 0.1) is 11.0 Å². The Bertz CT molecular complexity index is 1360. The first-order chi connectivity index (χ1) is 15.7. The zero-order valence-corrected chi connectivity index (χ0v) is 17.5. The summed E-state index contributed by atoms with van der Waals surface area (Å²) in [4.78, 5) is 18.3. The molecular weight excluding hydrogens is 402 g/mol. The standard InChI is InChI=1S/C25H23N5O2/c31-25(32)30-23-10-5-4-9-21(23)22-15-20(11-12-24(22)30)28(16-19-7-2-1-3-8-19)13-6-14-29-18-26-17-27-29/h1-5,7-12,15,17-18H,6,13-14,16H2,(H,31,32). The molecule has 0 bridgehead atoms. The van der Waals surface area contributed by atoms with Crippen LogP contribution in [0.2, 0.25) is 0 Å². The van der Waals surface area contributed by atoms with Gasteiger partial charge in [0.25, 0.3) is 0 Å². The van der Waals surface area contributed by atoms with Gasteiger partial charge in [-0.15, -0.1) is 0 Å². The third-order valence-electron chi connectivity index (χ3n) is 5.71. The summed E-state index contributed by atoms with van der Waals surface area (Å²) in [5.74, 6) is 0. The molecule has 3 aromatic carbocycles. The highest BCUT2D eigenvalue weighted by Gasteiger charge is 2.17. The summed E-state index contributed by atoms with van der Waals surface area (Å²) in [5.41, 5.74) is 3.69. The SMILES string of the molecule is O=C(O)n1c2ccccc2c2cc(N(CCCn3cncn3)Cc3ccccc3)ccc21. The zero-order valence-electron chi connectivity index (χ0n) is 17.5. The van der Waals surface area contributed by atoms with Gasteiger partial charge < -0.3 is 10.0 Å². The predicted octanol–water partition coefficient (Wildman–Crippen LogP) is 5.01. The van der Waals surface area contributed by atoms with Crippen LogP contribution in [0.15, 0.2) is 85.5 Å². The molecule has 1 N–H and O–H groups in total. The van der Waals surface area contributed by atoms with E-state index >= 15 is 0 Å². The van der Waals surface area contributed by atoms with Crippen molar-refractivity contribution >= 4 is 33.6 Å². The maximum Gasteiger partial charge on any atom is 0.416 e. The fourth-order valence-electron chi connectivity index (χ4n) is 4.24. The Morgan fingerprint density at radius 3 is 2.50 bits per heavy atom. The van der Waals surface area contributed by atoms with Crippen molar-refractivity contribution < 1.29 is 9.90 Å². The van der Waals surface area contributed by atoms with Gasteiger partial charge in [-0.3, -0.25) is 4.68 Å². The number of carbonyl (C=O) groups is 1. The van der Waals surface area contributed by atoms with Gasteiger partial charge in [-0.2, -0.15) is 5.10 Å². The second-order valence-corrected chi connectivity index (χ2v) is 7.76. The zero-order chi connectivity index (χ0) is 21.9. The van der Waals surface area contributed by atoms with E-state index in [-0.39, 0.29) is 0 Å². The number of nitrogens with zero attached hydrogens (tertiary/aromatic N) is 5. The fourth-order valence-corrected chi connectivity index (χ4v) is 4.24. The minimum absolute atomic E-state index is 0.699. The number of hydrogen-bond acceptors (Lipinski definition) is 4. The van der Waals surface area contributed by atoms with E-state index in [4.69, 9.17) is 0 Å². The lowest BCUT2D eigenvalue weighted by Crippen LogP contribution is -2.25. The predicted molar refractivity (Wildman–Crippen MR) is 125 cm³/mol. The highest BCUT2D eigenvalue weighted by atomic mass is 16.4. The van der Waals surface area contributed by atoms with E-state index in [0.29, 0.717) is 11.0 Å². The van der Waals surface area contributed by atoms with Gasteiger partial charge in [-0.25, -0.2) is 14.3 Å². The lowest BCUT2D eigenvalue weighted by molar-refractivity contribution is 0.198. The molecule has 160 valence electrons. The number of aromatic nitrogens is 4. The van der Waals surface area contributed by atoms with E-state index in [1.165, 1.54) is 10.1 Å². The van der Waals surface area contributed by atoms with Crippen LogP contribution in [0.25, 0.3) is 21.8 Å². The van der Waals surface area contributed by atoms with Crippen molar-refractivity contribution in [3.05, 3.63) is 91.0 Å². The van der Waals surface area contributed by atoms with Crippen LogP contribution >= 0.6 is 0 Å². The summed E-state index contributed by atoms with van der Waals surface area (Å²) in [7, 11) is 0. The third kappa shape index (κ3) is 3.80. The van der Waals surface area contributed by atoms with Gasteiger partial charge in [0.1, 0.15) is 12.7 Å². The highest BCUT2D eigenvalue weighted by Crippen LogP contribution is 2.32. The second kappa shape index (κ2) is 8.55. The molecule has 5 rings (SSSR count). The van der Waals surface area contributed by atoms with Crippen molar-refractivity contribution in [3.8, 4) is 0 Å². The molecule has 0 saturated carbocycles. The molecule has 32 heavy (non-hydrogen) atoms. The van der Waals surface area contributed by atoms with Crippen LogP contribution in [-0.2, 0) is 13.1 Å². The van der Waals surface area contributed by atoms with Crippen LogP contribution in [-0.4, -0.2) is 37.1 Å². The largest absolute Gasteiger partial charge is 0.464 e. The van der Waals surface area contributed by atoms with Gasteiger partial charge >= 0.3 is 6.09 Å². The molecule has 0 amide bonds. The van der Waals surface area contributed by atoms with Crippen molar-refractivity contribution in [2.45, 2.75) is 19.5 Å². The van der Waals surface area contributed by atoms with Crippen LogP contribution in [0.1, 0.15) is 12.0 Å². The van der Waals surface area contributed by atoms with E-state index in [9.17, 15) is 9.90 Å². The first kappa shape index (κ1) is 19.8. The molecule has 0 aliphatic rings. The molecule has 2 aromatic heterocycles. The number of anilines is 1. The summed E-state index contributed by atoms with van der Waals surface area (Å²) in [6.45, 7) is 2.38. The van der Waals surface area contributed by atoms with Gasteiger partial charge in [-0.1, -0.05) is 48.5 Å². The Kier molecular flexibility index (Phi) is 5.29. The van der Waals surface area contributed by atoms with Gasteiger partial charge in [-0.05, 0) is 36.2 Å². The average molecular weight is 425 g/mol. The van der Waals surface area contributed by atoms with Crippen LogP contribution in [0.4, 0.5) is 10.5 Å². The molecule has 0 aliphatic heterocycles. The van der Waals surface area contributed by atoms with E-state index in [1.54, 1.807) is 12.7 Å². The summed E-state index contributed by atoms with van der Waals surface area (Å²) < 4.78 is 3.20. The number of aryl methyl sites for hydroxylation is 1. The van der Waals surface area contributed by atoms with Gasteiger partial charge in [0.15, 0.2) is 0 Å². The van der Waals surface area contributed by atoms with E-state index < -0.39 is 6.09 Å². The Hall–Kier alpha value is -4.13. The van der Waals surface area contributed by atoms with E-state index in [1.807, 2.05) is 59.3 Å². The van der Waals surface area contributed by atoms with Crippen molar-refractivity contribution in [1.29, 1.82) is 0 Å². The maximum atomic E-state index is 11.9. The quantitative estimate of drug-likeness (QED) is 0.397. The molecule has 2 heterocycles. The molecule has 7 heteroatoms. The van der Waals surface area contributed by atoms with Crippen molar-refractivity contribution in [2.75, 3.05) is 11.4 Å². The topological polar surface area (TPSA) is 76.2 Å². The molecule has 0 radical (unpaired) electrons. The van der Waals surface area contributed by atoms with Crippen LogP contribution in [0.5, 0.6) is 0 Å². The Balaban J connectivity index is 1.52. The number of hydrogen-bond donors (Lipinski definition) is 1. The smallest absolute Gasteiger partial charge is 0.416 e. The minimum Gasteiger partial charge on any atom is -0.464 e. The van der Waals surface area contributed by atoms with Gasteiger partial charge in [0, 0.05) is 36.1 Å². The average Bonchev–Trinajstić information content (AvgIpc) is 3.44. The normalized spacial score (nSPS) is 11.2. The second-order valence-electron chi connectivity index (χ2n) is 7.76. The Morgan fingerprint density at radius 1 is 0.938 bits per heavy atom. The molecule has 0 unspecified atom stereocenters. The van der Waals surface area contributed by atoms with Crippen molar-refractivity contribution in [2.24, 2.45) is 0 Å². The van der Waals surface area contributed by atoms with Gasteiger partial charge in [0.2, 0.25) is 0 Å². The maximum absolute atomic E-state index is 11.9. The van der Waals surface area contributed by atoms with Crippen molar-refractivity contribution in [3.63, 3.8) is 0 Å². The molecular formula is C25H23N5O2. The molecule has 7 nitrogen and oxygen atoms in total. The number of para-hydroxylation sites is 1. The lowest BCUT2D eigenvalue weighted by Gasteiger charge is -2.25. The van der Waals surface area contributed by atoms with Crippen LogP contribution < -0.4 is 4.90 Å². The van der Waals surface area contributed by atoms with E-state index in [2.05, 4.69) is 33.2 Å². The first-order valence-electron chi connectivity index (χ1n) is 10.6. The van der Waals surface area contributed by atoms with Crippen LogP contribution in [0, 0.1) is 0 Å². The summed E-state index contributed by atoms with van der Waals surface area (Å²) in [6, 6.07) is 24.0. The summed E-state index contributed by atoms with van der Waals surface area (Å²) in [5, 5.41) is 15.9. The Labute approximate surface area is 185 Å². The monoisotopic (exact) mass is 425 g/mol. The van der Waals surface area contributed by atoms with Crippen molar-refractivity contribution in [1.82, 2.24) is 19.3 Å². The number of fused-ring (bicyclic) bond motifs is 3. The van der Waals surface area contributed by atoms with E-state index in [0.717, 1.165) is 42.5 Å². The minimum atomic E-state index is -0.974. The molecule has 5 aromatic rings. The highest BCUT2D eigenvalue weighted by molar-refractivity contribution is 6.13. The first-order valence-corrected chi connectivity index (χ1v) is 10.6. The summed E-state index contributed by atoms with van der Waals surface area (Å²) >= 11 is 0. The molecule has 0 aliphatic carbocycles. The van der Waals surface area contributed by atoms with Crippen LogP contribution in [0.3, 0.4) is 0 Å².